The Bertz CT molecular complexity index is 583. The van der Waals surface area contributed by atoms with Crippen molar-refractivity contribution in [2.24, 2.45) is 5.92 Å². The second-order valence-electron chi connectivity index (χ2n) is 7.20. The van der Waals surface area contributed by atoms with Crippen LogP contribution in [0.2, 0.25) is 0 Å². The van der Waals surface area contributed by atoms with E-state index < -0.39 is 0 Å². The number of nitrogens with zero attached hydrogens (tertiary/aromatic N) is 1. The first-order valence-corrected chi connectivity index (χ1v) is 9.24. The van der Waals surface area contributed by atoms with Crippen LogP contribution in [-0.4, -0.2) is 64.8 Å². The second-order valence-corrected chi connectivity index (χ2v) is 7.20. The van der Waals surface area contributed by atoms with E-state index in [1.165, 1.54) is 0 Å². The molecule has 0 aliphatic carbocycles. The highest BCUT2D eigenvalue weighted by Crippen LogP contribution is 2.18. The van der Waals surface area contributed by atoms with Gasteiger partial charge in [-0.05, 0) is 30.2 Å². The fourth-order valence-electron chi connectivity index (χ4n) is 2.77. The Balaban J connectivity index is 1.75. The molecule has 7 heteroatoms. The highest BCUT2D eigenvalue weighted by atomic mass is 16.5. The van der Waals surface area contributed by atoms with Gasteiger partial charge in [-0.2, -0.15) is 0 Å². The van der Waals surface area contributed by atoms with Crippen LogP contribution in [0.5, 0.6) is 0 Å². The van der Waals surface area contributed by atoms with E-state index in [0.29, 0.717) is 12.5 Å². The Labute approximate surface area is 155 Å². The number of anilines is 2. The number of carbonyl (C=O) groups excluding carboxylic acids is 2. The molecule has 0 radical (unpaired) electrons. The summed E-state index contributed by atoms with van der Waals surface area (Å²) >= 11 is 0. The molecule has 7 nitrogen and oxygen atoms in total. The molecule has 0 aromatic heterocycles. The predicted octanol–water partition coefficient (Wildman–Crippen LogP) is -0.251. The Morgan fingerprint density at radius 2 is 1.73 bits per heavy atom. The van der Waals surface area contributed by atoms with E-state index in [1.54, 1.807) is 0 Å². The number of likely N-dealkylation sites (N-methyl/N-ethyl adjacent to an activating group) is 1. The average Bonchev–Trinajstić information content (AvgIpc) is 2.61. The number of hydrogen-bond donors (Lipinski definition) is 3. The minimum Gasteiger partial charge on any atom is -0.378 e. The molecule has 1 aromatic rings. The summed E-state index contributed by atoms with van der Waals surface area (Å²) in [4.78, 5) is 27.1. The van der Waals surface area contributed by atoms with Gasteiger partial charge in [0.2, 0.25) is 0 Å². The number of morpholine rings is 1. The Morgan fingerprint density at radius 1 is 1.12 bits per heavy atom. The van der Waals surface area contributed by atoms with Gasteiger partial charge in [-0.25, -0.2) is 0 Å². The number of nitrogens with one attached hydrogen (secondary N) is 3. The molecule has 1 fully saturated rings. The van der Waals surface area contributed by atoms with Gasteiger partial charge in [0.05, 0.1) is 20.3 Å². The molecule has 1 aliphatic heterocycles. The van der Waals surface area contributed by atoms with E-state index in [4.69, 9.17) is 4.74 Å². The van der Waals surface area contributed by atoms with Crippen molar-refractivity contribution in [3.05, 3.63) is 24.3 Å². The molecule has 26 heavy (non-hydrogen) atoms. The molecule has 1 saturated heterocycles. The molecule has 1 aromatic carbocycles. The second kappa shape index (κ2) is 10.1. The largest absolute Gasteiger partial charge is 0.378 e. The molecular formula is C19H31N4O3+. The smallest absolute Gasteiger partial charge is 0.279 e. The van der Waals surface area contributed by atoms with Crippen LogP contribution in [0.4, 0.5) is 11.4 Å². The first kappa shape index (κ1) is 20.2. The van der Waals surface area contributed by atoms with Gasteiger partial charge in [0.15, 0.2) is 13.1 Å². The van der Waals surface area contributed by atoms with Crippen LogP contribution >= 0.6 is 0 Å². The first-order valence-electron chi connectivity index (χ1n) is 9.24. The van der Waals surface area contributed by atoms with Crippen LogP contribution in [0.3, 0.4) is 0 Å². The number of benzene rings is 1. The Morgan fingerprint density at radius 3 is 2.35 bits per heavy atom. The summed E-state index contributed by atoms with van der Waals surface area (Å²) in [6, 6.07) is 7.84. The fraction of sp³-hybridized carbons (Fsp3) is 0.579. The summed E-state index contributed by atoms with van der Waals surface area (Å²) < 4.78 is 5.36. The minimum absolute atomic E-state index is 0.0288. The van der Waals surface area contributed by atoms with E-state index in [-0.39, 0.29) is 24.9 Å². The van der Waals surface area contributed by atoms with Crippen molar-refractivity contribution < 1.29 is 19.2 Å². The van der Waals surface area contributed by atoms with E-state index in [0.717, 1.165) is 42.6 Å². The van der Waals surface area contributed by atoms with Gasteiger partial charge in [0.25, 0.3) is 11.8 Å². The SMILES string of the molecule is CC(C)CNC(=O)C[NH+](C)CC(=O)Nc1ccc(N2CCOCC2)cc1. The van der Waals surface area contributed by atoms with E-state index >= 15 is 0 Å². The summed E-state index contributed by atoms with van der Waals surface area (Å²) in [5.41, 5.74) is 1.90. The number of carbonyl (C=O) groups is 2. The number of rotatable bonds is 8. The topological polar surface area (TPSA) is 75.1 Å². The van der Waals surface area contributed by atoms with Crippen LogP contribution in [-0.2, 0) is 14.3 Å². The molecule has 1 atom stereocenters. The minimum atomic E-state index is -0.0988. The summed E-state index contributed by atoms with van der Waals surface area (Å²) in [6.07, 6.45) is 0. The van der Waals surface area contributed by atoms with Crippen LogP contribution in [0.15, 0.2) is 24.3 Å². The maximum Gasteiger partial charge on any atom is 0.279 e. The maximum atomic E-state index is 12.2. The molecule has 1 unspecified atom stereocenters. The van der Waals surface area contributed by atoms with Crippen molar-refractivity contribution in [3.8, 4) is 0 Å². The van der Waals surface area contributed by atoms with Crippen LogP contribution in [0.25, 0.3) is 0 Å². The standard InChI is InChI=1S/C19H30N4O3/c1-15(2)12-20-18(24)13-22(3)14-19(25)21-16-4-6-17(7-5-16)23-8-10-26-11-9-23/h4-7,15H,8-14H2,1-3H3,(H,20,24)(H,21,25)/p+1. The molecule has 1 aliphatic rings. The van der Waals surface area contributed by atoms with Gasteiger partial charge in [0.1, 0.15) is 0 Å². The predicted molar refractivity (Wildman–Crippen MR) is 103 cm³/mol. The van der Waals surface area contributed by atoms with Gasteiger partial charge < -0.3 is 25.2 Å². The Hall–Kier alpha value is -2.12. The molecule has 1 heterocycles. The lowest BCUT2D eigenvalue weighted by Gasteiger charge is -2.28. The third kappa shape index (κ3) is 7.01. The third-order valence-corrected chi connectivity index (χ3v) is 4.16. The third-order valence-electron chi connectivity index (χ3n) is 4.16. The zero-order chi connectivity index (χ0) is 18.9. The van der Waals surface area contributed by atoms with Crippen molar-refractivity contribution in [1.82, 2.24) is 5.32 Å². The van der Waals surface area contributed by atoms with Crippen molar-refractivity contribution in [3.63, 3.8) is 0 Å². The number of quaternary nitrogens is 1. The van der Waals surface area contributed by atoms with E-state index in [9.17, 15) is 9.59 Å². The molecular weight excluding hydrogens is 332 g/mol. The maximum absolute atomic E-state index is 12.2. The van der Waals surface area contributed by atoms with Gasteiger partial charge in [-0.3, -0.25) is 9.59 Å². The highest BCUT2D eigenvalue weighted by Gasteiger charge is 2.15. The zero-order valence-corrected chi connectivity index (χ0v) is 16.0. The van der Waals surface area contributed by atoms with E-state index in [2.05, 4.69) is 29.4 Å². The average molecular weight is 363 g/mol. The summed E-state index contributed by atoms with van der Waals surface area (Å²) in [5, 5.41) is 5.76. The lowest BCUT2D eigenvalue weighted by atomic mass is 10.2. The van der Waals surface area contributed by atoms with Crippen molar-refractivity contribution in [1.29, 1.82) is 0 Å². The lowest BCUT2D eigenvalue weighted by molar-refractivity contribution is -0.862. The van der Waals surface area contributed by atoms with Crippen LogP contribution < -0.4 is 20.4 Å². The number of amides is 2. The van der Waals surface area contributed by atoms with Crippen molar-refractivity contribution in [2.45, 2.75) is 13.8 Å². The van der Waals surface area contributed by atoms with Crippen molar-refractivity contribution in [2.75, 3.05) is 63.2 Å². The normalized spacial score (nSPS) is 15.6. The summed E-state index contributed by atoms with van der Waals surface area (Å²) in [6.45, 7) is 8.57. The molecule has 0 spiro atoms. The van der Waals surface area contributed by atoms with Gasteiger partial charge in [0, 0.05) is 31.0 Å². The number of hydrogen-bond acceptors (Lipinski definition) is 4. The fourth-order valence-corrected chi connectivity index (χ4v) is 2.77. The van der Waals surface area contributed by atoms with Crippen LogP contribution in [0.1, 0.15) is 13.8 Å². The van der Waals surface area contributed by atoms with Crippen LogP contribution in [0, 0.1) is 5.92 Å². The molecule has 2 rings (SSSR count). The van der Waals surface area contributed by atoms with Gasteiger partial charge in [-0.15, -0.1) is 0 Å². The highest BCUT2D eigenvalue weighted by molar-refractivity contribution is 5.91. The van der Waals surface area contributed by atoms with Crippen molar-refractivity contribution >= 4 is 23.2 Å². The molecule has 2 amide bonds. The monoisotopic (exact) mass is 363 g/mol. The Kier molecular flexibility index (Phi) is 7.87. The lowest BCUT2D eigenvalue weighted by Crippen LogP contribution is -3.11. The zero-order valence-electron chi connectivity index (χ0n) is 16.0. The molecule has 0 saturated carbocycles. The quantitative estimate of drug-likeness (QED) is 0.595. The summed E-state index contributed by atoms with van der Waals surface area (Å²) in [5.74, 6) is 0.292. The molecule has 0 bridgehead atoms. The molecule has 144 valence electrons. The van der Waals surface area contributed by atoms with Gasteiger partial charge >= 0.3 is 0 Å². The van der Waals surface area contributed by atoms with Gasteiger partial charge in [-0.1, -0.05) is 13.8 Å². The van der Waals surface area contributed by atoms with E-state index in [1.807, 2.05) is 31.3 Å². The first-order chi connectivity index (χ1) is 12.4. The summed E-state index contributed by atoms with van der Waals surface area (Å²) in [7, 11) is 1.84. The number of ether oxygens (including phenoxy) is 1. The molecule has 3 N–H and O–H groups in total.